The van der Waals surface area contributed by atoms with Gasteiger partial charge in [0.2, 0.25) is 0 Å². The van der Waals surface area contributed by atoms with Crippen molar-refractivity contribution in [1.29, 1.82) is 0 Å². The van der Waals surface area contributed by atoms with Crippen LogP contribution in [0.5, 0.6) is 0 Å². The zero-order valence-corrected chi connectivity index (χ0v) is 9.17. The quantitative estimate of drug-likeness (QED) is 0.637. The molecule has 1 rings (SSSR count). The molecule has 0 unspecified atom stereocenters. The summed E-state index contributed by atoms with van der Waals surface area (Å²) in [4.78, 5) is 21.6. The number of rotatable bonds is 5. The fourth-order valence-corrected chi connectivity index (χ4v) is 1.53. The molecule has 2 amide bonds. The molecule has 1 aliphatic rings. The van der Waals surface area contributed by atoms with Crippen LogP contribution < -0.4 is 10.6 Å². The van der Waals surface area contributed by atoms with Crippen LogP contribution >= 0.6 is 0 Å². The lowest BCUT2D eigenvalue weighted by Crippen LogP contribution is -2.50. The van der Waals surface area contributed by atoms with Crippen LogP contribution in [-0.4, -0.2) is 29.2 Å². The topological polar surface area (TPSA) is 78.4 Å². The third-order valence-electron chi connectivity index (χ3n) is 2.66. The van der Waals surface area contributed by atoms with Crippen LogP contribution in [0.15, 0.2) is 0 Å². The van der Waals surface area contributed by atoms with Crippen molar-refractivity contribution in [3.63, 3.8) is 0 Å². The van der Waals surface area contributed by atoms with Crippen LogP contribution in [0.1, 0.15) is 33.1 Å². The van der Waals surface area contributed by atoms with Crippen LogP contribution in [0.3, 0.4) is 0 Å². The number of nitrogens with one attached hydrogen (secondary N) is 2. The Kier molecular flexibility index (Phi) is 3.55. The van der Waals surface area contributed by atoms with Crippen molar-refractivity contribution in [2.45, 2.75) is 38.6 Å². The van der Waals surface area contributed by atoms with Gasteiger partial charge >= 0.3 is 12.0 Å². The standard InChI is InChI=1S/C10H18N2O3/c1-10(2,7-3-4-7)12-9(15)11-6-5-8(13)14/h7H,3-6H2,1-2H3,(H,13,14)(H2,11,12,15). The van der Waals surface area contributed by atoms with Crippen LogP contribution in [0.4, 0.5) is 4.79 Å². The van der Waals surface area contributed by atoms with Gasteiger partial charge in [-0.2, -0.15) is 0 Å². The summed E-state index contributed by atoms with van der Waals surface area (Å²) >= 11 is 0. The number of carboxylic acids is 1. The number of hydrogen-bond acceptors (Lipinski definition) is 2. The minimum absolute atomic E-state index is 0.0444. The van der Waals surface area contributed by atoms with Gasteiger partial charge in [-0.05, 0) is 32.6 Å². The maximum atomic E-state index is 11.4. The van der Waals surface area contributed by atoms with Crippen LogP contribution in [0, 0.1) is 5.92 Å². The molecule has 15 heavy (non-hydrogen) atoms. The predicted octanol–water partition coefficient (Wildman–Crippen LogP) is 0.949. The van der Waals surface area contributed by atoms with Gasteiger partial charge < -0.3 is 15.7 Å². The van der Waals surface area contributed by atoms with Crippen LogP contribution in [0.25, 0.3) is 0 Å². The normalized spacial score (nSPS) is 15.9. The van der Waals surface area contributed by atoms with Crippen molar-refractivity contribution in [1.82, 2.24) is 10.6 Å². The van der Waals surface area contributed by atoms with Gasteiger partial charge in [-0.1, -0.05) is 0 Å². The van der Waals surface area contributed by atoms with Crippen molar-refractivity contribution in [3.8, 4) is 0 Å². The van der Waals surface area contributed by atoms with E-state index in [0.29, 0.717) is 5.92 Å². The Morgan fingerprint density at radius 3 is 2.47 bits per heavy atom. The van der Waals surface area contributed by atoms with Gasteiger partial charge in [0.25, 0.3) is 0 Å². The summed E-state index contributed by atoms with van der Waals surface area (Å²) in [6, 6.07) is -0.284. The maximum Gasteiger partial charge on any atom is 0.315 e. The molecule has 0 aromatic carbocycles. The van der Waals surface area contributed by atoms with E-state index in [1.807, 2.05) is 13.8 Å². The number of hydrogen-bond donors (Lipinski definition) is 3. The average Bonchev–Trinajstić information content (AvgIpc) is 2.83. The Morgan fingerprint density at radius 1 is 1.40 bits per heavy atom. The molecule has 0 aromatic rings. The van der Waals surface area contributed by atoms with Gasteiger partial charge in [-0.15, -0.1) is 0 Å². The molecule has 0 bridgehead atoms. The van der Waals surface area contributed by atoms with Gasteiger partial charge in [0.15, 0.2) is 0 Å². The van der Waals surface area contributed by atoms with Crippen molar-refractivity contribution >= 4 is 12.0 Å². The highest BCUT2D eigenvalue weighted by Crippen LogP contribution is 2.38. The largest absolute Gasteiger partial charge is 0.481 e. The van der Waals surface area contributed by atoms with Gasteiger partial charge in [0.05, 0.1) is 6.42 Å². The number of urea groups is 1. The Morgan fingerprint density at radius 2 is 2.00 bits per heavy atom. The highest BCUT2D eigenvalue weighted by molar-refractivity contribution is 5.75. The Labute approximate surface area is 89.2 Å². The number of aliphatic carboxylic acids is 1. The van der Waals surface area contributed by atoms with E-state index in [2.05, 4.69) is 10.6 Å². The summed E-state index contributed by atoms with van der Waals surface area (Å²) in [5.74, 6) is -0.348. The molecule has 0 heterocycles. The first kappa shape index (κ1) is 11.8. The second kappa shape index (κ2) is 4.51. The Bertz CT molecular complexity index is 259. The maximum absolute atomic E-state index is 11.4. The van der Waals surface area contributed by atoms with Gasteiger partial charge in [-0.3, -0.25) is 4.79 Å². The minimum atomic E-state index is -0.906. The number of carboxylic acid groups (broad SMARTS) is 1. The molecular weight excluding hydrogens is 196 g/mol. The SMILES string of the molecule is CC(C)(NC(=O)NCCC(=O)O)C1CC1. The lowest BCUT2D eigenvalue weighted by Gasteiger charge is -2.26. The summed E-state index contributed by atoms with van der Waals surface area (Å²) in [5, 5.41) is 13.8. The summed E-state index contributed by atoms with van der Waals surface area (Å²) in [6.45, 7) is 4.14. The minimum Gasteiger partial charge on any atom is -0.481 e. The molecule has 0 spiro atoms. The molecule has 86 valence electrons. The van der Waals surface area contributed by atoms with Crippen LogP contribution in [-0.2, 0) is 4.79 Å². The van der Waals surface area contributed by atoms with E-state index in [1.54, 1.807) is 0 Å². The fourth-order valence-electron chi connectivity index (χ4n) is 1.53. The average molecular weight is 214 g/mol. The summed E-state index contributed by atoms with van der Waals surface area (Å²) in [5.41, 5.74) is -0.187. The van der Waals surface area contributed by atoms with E-state index >= 15 is 0 Å². The zero-order valence-electron chi connectivity index (χ0n) is 9.17. The van der Waals surface area contributed by atoms with E-state index in [1.165, 1.54) is 0 Å². The first-order chi connectivity index (χ1) is 6.92. The second-order valence-corrected chi connectivity index (χ2v) is 4.52. The van der Waals surface area contributed by atoms with E-state index in [-0.39, 0.29) is 24.5 Å². The van der Waals surface area contributed by atoms with Crippen molar-refractivity contribution in [2.75, 3.05) is 6.54 Å². The van der Waals surface area contributed by atoms with Gasteiger partial charge in [-0.25, -0.2) is 4.79 Å². The number of amides is 2. The van der Waals surface area contributed by atoms with E-state index in [4.69, 9.17) is 5.11 Å². The zero-order chi connectivity index (χ0) is 11.5. The molecule has 0 atom stereocenters. The second-order valence-electron chi connectivity index (χ2n) is 4.52. The van der Waals surface area contributed by atoms with Crippen LogP contribution in [0.2, 0.25) is 0 Å². The Hall–Kier alpha value is -1.26. The fraction of sp³-hybridized carbons (Fsp3) is 0.800. The number of carbonyl (C=O) groups is 2. The highest BCUT2D eigenvalue weighted by atomic mass is 16.4. The first-order valence-electron chi connectivity index (χ1n) is 5.19. The van der Waals surface area contributed by atoms with E-state index < -0.39 is 5.97 Å². The summed E-state index contributed by atoms with van der Waals surface area (Å²) in [7, 11) is 0. The lowest BCUT2D eigenvalue weighted by atomic mass is 9.99. The smallest absolute Gasteiger partial charge is 0.315 e. The van der Waals surface area contributed by atoms with Crippen molar-refractivity contribution < 1.29 is 14.7 Å². The van der Waals surface area contributed by atoms with Crippen molar-refractivity contribution in [2.24, 2.45) is 5.92 Å². The number of carbonyl (C=O) groups excluding carboxylic acids is 1. The highest BCUT2D eigenvalue weighted by Gasteiger charge is 2.38. The molecule has 1 fully saturated rings. The predicted molar refractivity (Wildman–Crippen MR) is 55.6 cm³/mol. The third-order valence-corrected chi connectivity index (χ3v) is 2.66. The molecule has 1 saturated carbocycles. The van der Waals surface area contributed by atoms with E-state index in [0.717, 1.165) is 12.8 Å². The van der Waals surface area contributed by atoms with Gasteiger partial charge in [0.1, 0.15) is 0 Å². The molecule has 5 heteroatoms. The molecule has 5 nitrogen and oxygen atoms in total. The molecule has 3 N–H and O–H groups in total. The molecule has 0 aromatic heterocycles. The molecule has 0 radical (unpaired) electrons. The Balaban J connectivity index is 2.20. The first-order valence-corrected chi connectivity index (χ1v) is 5.19. The van der Waals surface area contributed by atoms with Crippen molar-refractivity contribution in [3.05, 3.63) is 0 Å². The summed E-state index contributed by atoms with van der Waals surface area (Å²) in [6.07, 6.45) is 2.27. The molecule has 0 aliphatic heterocycles. The molecular formula is C10H18N2O3. The monoisotopic (exact) mass is 214 g/mol. The van der Waals surface area contributed by atoms with E-state index in [9.17, 15) is 9.59 Å². The lowest BCUT2D eigenvalue weighted by molar-refractivity contribution is -0.136. The molecule has 0 saturated heterocycles. The third kappa shape index (κ3) is 4.18. The van der Waals surface area contributed by atoms with Gasteiger partial charge in [0, 0.05) is 12.1 Å². The molecule has 1 aliphatic carbocycles. The summed E-state index contributed by atoms with van der Waals surface area (Å²) < 4.78 is 0.